The van der Waals surface area contributed by atoms with Crippen LogP contribution in [0.3, 0.4) is 0 Å². The minimum Gasteiger partial charge on any atom is -0.341 e. The Labute approximate surface area is 178 Å². The number of aromatic amines is 1. The molecule has 5 rings (SSSR count). The maximum absolute atomic E-state index is 13.6. The molecule has 0 spiro atoms. The third kappa shape index (κ3) is 3.39. The SMILES string of the molecule is Cc1cccc2nc(CSc3ncnc4nc[nH]c34)n(C3CCCC(C)C3)c(=O)c12. The Bertz CT molecular complexity index is 1280. The fourth-order valence-electron chi connectivity index (χ4n) is 4.55. The molecule has 0 saturated heterocycles. The molecule has 0 amide bonds. The van der Waals surface area contributed by atoms with E-state index < -0.39 is 0 Å². The smallest absolute Gasteiger partial charge is 0.261 e. The van der Waals surface area contributed by atoms with Crippen molar-refractivity contribution in [3.05, 3.63) is 52.6 Å². The van der Waals surface area contributed by atoms with Gasteiger partial charge in [0, 0.05) is 6.04 Å². The van der Waals surface area contributed by atoms with E-state index in [4.69, 9.17) is 4.98 Å². The van der Waals surface area contributed by atoms with Crippen LogP contribution < -0.4 is 5.56 Å². The van der Waals surface area contributed by atoms with E-state index in [1.165, 1.54) is 12.7 Å². The van der Waals surface area contributed by atoms with Crippen LogP contribution >= 0.6 is 11.8 Å². The normalized spacial score (nSPS) is 19.5. The van der Waals surface area contributed by atoms with E-state index in [1.807, 2.05) is 29.7 Å². The summed E-state index contributed by atoms with van der Waals surface area (Å²) in [6.07, 6.45) is 7.58. The third-order valence-electron chi connectivity index (χ3n) is 6.01. The standard InChI is InChI=1S/C22H24N6OS/c1-13-5-3-7-15(9-13)28-17(27-16-8-4-6-14(2)18(16)22(28)29)10-30-21-19-20(24-11-23-19)25-12-26-21/h4,6,8,11-13,15H,3,5,7,9-10H2,1-2H3,(H,23,24,25,26). The van der Waals surface area contributed by atoms with E-state index in [0.29, 0.717) is 17.3 Å². The summed E-state index contributed by atoms with van der Waals surface area (Å²) in [7, 11) is 0. The lowest BCUT2D eigenvalue weighted by Crippen LogP contribution is -2.32. The van der Waals surface area contributed by atoms with Crippen molar-refractivity contribution < 1.29 is 0 Å². The molecule has 3 aromatic heterocycles. The average Bonchev–Trinajstić information content (AvgIpc) is 3.21. The zero-order valence-electron chi connectivity index (χ0n) is 17.1. The minimum atomic E-state index is 0.0853. The zero-order valence-corrected chi connectivity index (χ0v) is 17.9. The van der Waals surface area contributed by atoms with Crippen molar-refractivity contribution in [2.45, 2.75) is 56.4 Å². The summed E-state index contributed by atoms with van der Waals surface area (Å²) in [6, 6.07) is 6.09. The van der Waals surface area contributed by atoms with Crippen LogP contribution in [-0.4, -0.2) is 29.5 Å². The highest BCUT2D eigenvalue weighted by Crippen LogP contribution is 2.34. The number of benzene rings is 1. The molecule has 1 saturated carbocycles. The van der Waals surface area contributed by atoms with Gasteiger partial charge in [0.25, 0.3) is 5.56 Å². The van der Waals surface area contributed by atoms with Gasteiger partial charge in [-0.3, -0.25) is 9.36 Å². The summed E-state index contributed by atoms with van der Waals surface area (Å²) in [5, 5.41) is 1.56. The van der Waals surface area contributed by atoms with Crippen LogP contribution in [0.25, 0.3) is 22.1 Å². The first-order valence-corrected chi connectivity index (χ1v) is 11.4. The predicted octanol–water partition coefficient (Wildman–Crippen LogP) is 4.41. The molecule has 0 aliphatic heterocycles. The summed E-state index contributed by atoms with van der Waals surface area (Å²) in [5.74, 6) is 2.00. The lowest BCUT2D eigenvalue weighted by molar-refractivity contribution is 0.273. The number of imidazole rings is 1. The van der Waals surface area contributed by atoms with E-state index >= 15 is 0 Å². The van der Waals surface area contributed by atoms with Crippen LogP contribution in [0.2, 0.25) is 0 Å². The zero-order chi connectivity index (χ0) is 20.7. The van der Waals surface area contributed by atoms with Gasteiger partial charge in [-0.15, -0.1) is 0 Å². The molecule has 7 nitrogen and oxygen atoms in total. The van der Waals surface area contributed by atoms with Crippen LogP contribution in [-0.2, 0) is 5.75 Å². The van der Waals surface area contributed by atoms with E-state index in [1.54, 1.807) is 18.1 Å². The molecule has 0 bridgehead atoms. The van der Waals surface area contributed by atoms with Gasteiger partial charge in [-0.1, -0.05) is 43.7 Å². The number of aromatic nitrogens is 6. The molecule has 0 radical (unpaired) electrons. The van der Waals surface area contributed by atoms with Crippen LogP contribution in [0.5, 0.6) is 0 Å². The number of fused-ring (bicyclic) bond motifs is 2. The molecule has 8 heteroatoms. The fourth-order valence-corrected chi connectivity index (χ4v) is 5.44. The summed E-state index contributed by atoms with van der Waals surface area (Å²) in [6.45, 7) is 4.27. The van der Waals surface area contributed by atoms with Gasteiger partial charge in [-0.05, 0) is 37.3 Å². The number of thioether (sulfide) groups is 1. The summed E-state index contributed by atoms with van der Waals surface area (Å²) in [4.78, 5) is 34.5. The summed E-state index contributed by atoms with van der Waals surface area (Å²) in [5.41, 5.74) is 3.30. The monoisotopic (exact) mass is 420 g/mol. The second-order valence-electron chi connectivity index (χ2n) is 8.17. The average molecular weight is 421 g/mol. The Balaban J connectivity index is 1.60. The van der Waals surface area contributed by atoms with Crippen LogP contribution in [0.1, 0.15) is 50.0 Å². The molecule has 30 heavy (non-hydrogen) atoms. The van der Waals surface area contributed by atoms with Crippen molar-refractivity contribution in [2.24, 2.45) is 5.92 Å². The number of nitrogens with one attached hydrogen (secondary N) is 1. The number of rotatable bonds is 4. The van der Waals surface area contributed by atoms with Gasteiger partial charge in [-0.25, -0.2) is 19.9 Å². The highest BCUT2D eigenvalue weighted by Gasteiger charge is 2.25. The van der Waals surface area contributed by atoms with Crippen molar-refractivity contribution in [1.29, 1.82) is 0 Å². The van der Waals surface area contributed by atoms with E-state index in [2.05, 4.69) is 26.9 Å². The van der Waals surface area contributed by atoms with E-state index in [0.717, 1.165) is 52.1 Å². The van der Waals surface area contributed by atoms with Crippen molar-refractivity contribution in [3.8, 4) is 0 Å². The van der Waals surface area contributed by atoms with Crippen molar-refractivity contribution in [1.82, 2.24) is 29.5 Å². The second-order valence-corrected chi connectivity index (χ2v) is 9.13. The summed E-state index contributed by atoms with van der Waals surface area (Å²) < 4.78 is 1.98. The van der Waals surface area contributed by atoms with Gasteiger partial charge in [0.05, 0.1) is 23.0 Å². The lowest BCUT2D eigenvalue weighted by atomic mass is 9.87. The predicted molar refractivity (Wildman–Crippen MR) is 119 cm³/mol. The molecule has 2 unspecified atom stereocenters. The van der Waals surface area contributed by atoms with E-state index in [-0.39, 0.29) is 11.6 Å². The molecule has 1 aliphatic rings. The van der Waals surface area contributed by atoms with Crippen molar-refractivity contribution in [3.63, 3.8) is 0 Å². The first-order chi connectivity index (χ1) is 14.6. The topological polar surface area (TPSA) is 89.3 Å². The molecule has 1 fully saturated rings. The first-order valence-electron chi connectivity index (χ1n) is 10.4. The number of nitrogens with zero attached hydrogens (tertiary/aromatic N) is 5. The van der Waals surface area contributed by atoms with Gasteiger partial charge in [-0.2, -0.15) is 0 Å². The molecule has 154 valence electrons. The second kappa shape index (κ2) is 7.83. The Morgan fingerprint density at radius 3 is 3.00 bits per heavy atom. The Kier molecular flexibility index (Phi) is 5.02. The van der Waals surface area contributed by atoms with Crippen LogP contribution in [0.4, 0.5) is 0 Å². The summed E-state index contributed by atoms with van der Waals surface area (Å²) >= 11 is 1.56. The number of hydrogen-bond donors (Lipinski definition) is 1. The van der Waals surface area contributed by atoms with Gasteiger partial charge >= 0.3 is 0 Å². The van der Waals surface area contributed by atoms with Gasteiger partial charge in [0.2, 0.25) is 0 Å². The largest absolute Gasteiger partial charge is 0.341 e. The highest BCUT2D eigenvalue weighted by molar-refractivity contribution is 7.98. The molecule has 4 aromatic rings. The lowest BCUT2D eigenvalue weighted by Gasteiger charge is -2.30. The van der Waals surface area contributed by atoms with Gasteiger partial charge in [0.1, 0.15) is 22.7 Å². The van der Waals surface area contributed by atoms with E-state index in [9.17, 15) is 4.79 Å². The highest BCUT2D eigenvalue weighted by atomic mass is 32.2. The maximum Gasteiger partial charge on any atom is 0.261 e. The molecule has 1 aliphatic carbocycles. The van der Waals surface area contributed by atoms with Gasteiger partial charge in [0.15, 0.2) is 5.65 Å². The van der Waals surface area contributed by atoms with Crippen LogP contribution in [0.15, 0.2) is 40.7 Å². The molecule has 1 N–H and O–H groups in total. The quantitative estimate of drug-likeness (QED) is 0.388. The molecule has 1 aromatic carbocycles. The number of hydrogen-bond acceptors (Lipinski definition) is 6. The Morgan fingerprint density at radius 2 is 2.13 bits per heavy atom. The Morgan fingerprint density at radius 1 is 1.23 bits per heavy atom. The van der Waals surface area contributed by atoms with Gasteiger partial charge < -0.3 is 4.98 Å². The maximum atomic E-state index is 13.6. The van der Waals surface area contributed by atoms with Crippen molar-refractivity contribution in [2.75, 3.05) is 0 Å². The number of H-pyrrole nitrogens is 1. The first kappa shape index (κ1) is 19.2. The molecule has 3 heterocycles. The van der Waals surface area contributed by atoms with Crippen LogP contribution in [0, 0.1) is 12.8 Å². The van der Waals surface area contributed by atoms with Crippen molar-refractivity contribution >= 4 is 33.8 Å². The molecule has 2 atom stereocenters. The number of aryl methyl sites for hydroxylation is 1. The third-order valence-corrected chi connectivity index (χ3v) is 7.00. The molecular weight excluding hydrogens is 396 g/mol. The Hall–Kier alpha value is -2.74. The minimum absolute atomic E-state index is 0.0853. The fraction of sp³-hybridized carbons (Fsp3) is 0.409. The molecular formula is C22H24N6OS.